The summed E-state index contributed by atoms with van der Waals surface area (Å²) in [7, 11) is 0. The number of unbranched alkanes of at least 4 members (excludes halogenated alkanes) is 2. The van der Waals surface area contributed by atoms with Gasteiger partial charge in [0.05, 0.1) is 5.92 Å². The fourth-order valence-electron chi connectivity index (χ4n) is 6.62. The van der Waals surface area contributed by atoms with Crippen molar-refractivity contribution in [2.24, 2.45) is 29.6 Å². The summed E-state index contributed by atoms with van der Waals surface area (Å²) in [6.07, 6.45) is 24.2. The van der Waals surface area contributed by atoms with Crippen LogP contribution in [-0.4, -0.2) is 12.1 Å². The second kappa shape index (κ2) is 12.4. The van der Waals surface area contributed by atoms with E-state index in [1.54, 1.807) is 0 Å². The predicted octanol–water partition coefficient (Wildman–Crippen LogP) is 8.08. The minimum atomic E-state index is 0.144. The summed E-state index contributed by atoms with van der Waals surface area (Å²) >= 11 is 0. The van der Waals surface area contributed by atoms with E-state index in [0.717, 1.165) is 37.0 Å². The van der Waals surface area contributed by atoms with E-state index in [9.17, 15) is 4.79 Å². The van der Waals surface area contributed by atoms with Gasteiger partial charge < -0.3 is 4.74 Å². The molecule has 1 aliphatic heterocycles. The summed E-state index contributed by atoms with van der Waals surface area (Å²) in [5, 5.41) is 0. The normalized spacial score (nSPS) is 36.0. The van der Waals surface area contributed by atoms with E-state index in [-0.39, 0.29) is 18.0 Å². The number of hydrogen-bond acceptors (Lipinski definition) is 2. The van der Waals surface area contributed by atoms with Gasteiger partial charge in [0.2, 0.25) is 0 Å². The maximum absolute atomic E-state index is 12.6. The lowest BCUT2D eigenvalue weighted by molar-refractivity contribution is -0.164. The Labute approximate surface area is 180 Å². The molecule has 3 fully saturated rings. The van der Waals surface area contributed by atoms with Crippen LogP contribution in [0.1, 0.15) is 129 Å². The minimum absolute atomic E-state index is 0.144. The number of carbonyl (C=O) groups is 1. The average Bonchev–Trinajstić information content (AvgIpc) is 2.74. The van der Waals surface area contributed by atoms with E-state index >= 15 is 0 Å². The lowest BCUT2D eigenvalue weighted by Crippen LogP contribution is -2.36. The lowest BCUT2D eigenvalue weighted by Gasteiger charge is -2.37. The van der Waals surface area contributed by atoms with Crippen molar-refractivity contribution < 1.29 is 9.53 Å². The summed E-state index contributed by atoms with van der Waals surface area (Å²) in [5.74, 6) is 3.95. The van der Waals surface area contributed by atoms with Crippen LogP contribution in [0.15, 0.2) is 0 Å². The molecule has 2 heteroatoms. The lowest BCUT2D eigenvalue weighted by atomic mass is 9.71. The average molecular weight is 405 g/mol. The van der Waals surface area contributed by atoms with Crippen LogP contribution in [0.5, 0.6) is 0 Å². The summed E-state index contributed by atoms with van der Waals surface area (Å²) in [6, 6.07) is 0. The molecule has 0 N–H and O–H groups in total. The van der Waals surface area contributed by atoms with E-state index in [0.29, 0.717) is 5.92 Å². The monoisotopic (exact) mass is 404 g/mol. The molecule has 0 bridgehead atoms. The molecule has 0 amide bonds. The van der Waals surface area contributed by atoms with Crippen LogP contribution in [0.2, 0.25) is 0 Å². The molecule has 2 aliphatic carbocycles. The molecule has 0 aromatic carbocycles. The van der Waals surface area contributed by atoms with Gasteiger partial charge in [-0.05, 0) is 62.2 Å². The Morgan fingerprint density at radius 2 is 1.24 bits per heavy atom. The summed E-state index contributed by atoms with van der Waals surface area (Å²) in [4.78, 5) is 12.6. The first kappa shape index (κ1) is 23.1. The highest BCUT2D eigenvalue weighted by Crippen LogP contribution is 2.41. The van der Waals surface area contributed by atoms with E-state index in [2.05, 4.69) is 13.8 Å². The van der Waals surface area contributed by atoms with Gasteiger partial charge in [0.1, 0.15) is 6.10 Å². The third-order valence-corrected chi connectivity index (χ3v) is 8.62. The second-order valence-corrected chi connectivity index (χ2v) is 10.8. The molecular weight excluding hydrogens is 356 g/mol. The first-order valence-electron chi connectivity index (χ1n) is 13.4. The molecule has 2 unspecified atom stereocenters. The number of esters is 1. The number of hydrogen-bond donors (Lipinski definition) is 0. The Balaban J connectivity index is 1.30. The number of carbonyl (C=O) groups excluding carboxylic acids is 1. The highest BCUT2D eigenvalue weighted by molar-refractivity contribution is 5.73. The van der Waals surface area contributed by atoms with E-state index < -0.39 is 0 Å². The molecule has 2 nitrogen and oxygen atoms in total. The maximum Gasteiger partial charge on any atom is 0.309 e. The van der Waals surface area contributed by atoms with Crippen molar-refractivity contribution in [3.05, 3.63) is 0 Å². The molecule has 0 spiro atoms. The van der Waals surface area contributed by atoms with E-state index in [1.165, 1.54) is 96.3 Å². The topological polar surface area (TPSA) is 26.3 Å². The second-order valence-electron chi connectivity index (χ2n) is 10.8. The molecule has 0 aromatic rings. The number of rotatable bonds is 10. The van der Waals surface area contributed by atoms with Crippen LogP contribution in [0.25, 0.3) is 0 Å². The van der Waals surface area contributed by atoms with Crippen LogP contribution < -0.4 is 0 Å². The first-order chi connectivity index (χ1) is 14.2. The smallest absolute Gasteiger partial charge is 0.309 e. The zero-order chi connectivity index (χ0) is 20.5. The van der Waals surface area contributed by atoms with Crippen molar-refractivity contribution in [2.75, 3.05) is 0 Å². The molecule has 0 radical (unpaired) electrons. The Kier molecular flexibility index (Phi) is 9.86. The number of cyclic esters (lactones) is 1. The third-order valence-electron chi connectivity index (χ3n) is 8.62. The van der Waals surface area contributed by atoms with Crippen molar-refractivity contribution >= 4 is 5.97 Å². The van der Waals surface area contributed by atoms with Gasteiger partial charge >= 0.3 is 5.97 Å². The van der Waals surface area contributed by atoms with Gasteiger partial charge in [-0.1, -0.05) is 90.9 Å². The summed E-state index contributed by atoms with van der Waals surface area (Å²) in [6.45, 7) is 4.57. The van der Waals surface area contributed by atoms with Crippen molar-refractivity contribution in [1.29, 1.82) is 0 Å². The Morgan fingerprint density at radius 3 is 1.79 bits per heavy atom. The molecule has 3 aliphatic rings. The molecule has 3 rings (SSSR count). The Hall–Kier alpha value is -0.530. The van der Waals surface area contributed by atoms with Gasteiger partial charge in [-0.3, -0.25) is 4.79 Å². The van der Waals surface area contributed by atoms with Gasteiger partial charge in [0.15, 0.2) is 0 Å². The van der Waals surface area contributed by atoms with Crippen LogP contribution in [0.4, 0.5) is 0 Å². The van der Waals surface area contributed by atoms with Crippen LogP contribution in [-0.2, 0) is 9.53 Å². The molecule has 1 heterocycles. The van der Waals surface area contributed by atoms with Crippen molar-refractivity contribution in [3.63, 3.8) is 0 Å². The molecule has 2 atom stereocenters. The fourth-order valence-corrected chi connectivity index (χ4v) is 6.62. The molecule has 2 saturated carbocycles. The SMILES string of the molecule is CCCCCC1CCC(C2CCC(CCC3CCC(CCC)CC3)CC2)C(=O)O1. The van der Waals surface area contributed by atoms with E-state index in [4.69, 9.17) is 4.74 Å². The standard InChI is InChI=1S/C27H48O2/c1-3-5-6-8-25-19-20-26(27(28)29-25)24-17-15-23(16-18-24)14-13-22-11-9-21(7-4-2)10-12-22/h21-26H,3-20H2,1-2H3. The van der Waals surface area contributed by atoms with Crippen molar-refractivity contribution in [2.45, 2.75) is 136 Å². The summed E-state index contributed by atoms with van der Waals surface area (Å²) in [5.41, 5.74) is 0. The van der Waals surface area contributed by atoms with Gasteiger partial charge in [-0.25, -0.2) is 0 Å². The quantitative estimate of drug-likeness (QED) is 0.272. The molecule has 29 heavy (non-hydrogen) atoms. The van der Waals surface area contributed by atoms with Gasteiger partial charge in [-0.15, -0.1) is 0 Å². The Bertz CT molecular complexity index is 457. The fraction of sp³-hybridized carbons (Fsp3) is 0.963. The minimum Gasteiger partial charge on any atom is -0.462 e. The molecule has 0 aromatic heterocycles. The van der Waals surface area contributed by atoms with Crippen molar-refractivity contribution in [1.82, 2.24) is 0 Å². The Morgan fingerprint density at radius 1 is 0.655 bits per heavy atom. The molecular formula is C27H48O2. The highest BCUT2D eigenvalue weighted by atomic mass is 16.5. The van der Waals surface area contributed by atoms with E-state index in [1.807, 2.05) is 0 Å². The molecule has 168 valence electrons. The van der Waals surface area contributed by atoms with Crippen LogP contribution in [0, 0.1) is 29.6 Å². The van der Waals surface area contributed by atoms with Crippen LogP contribution in [0.3, 0.4) is 0 Å². The summed E-state index contributed by atoms with van der Waals surface area (Å²) < 4.78 is 5.84. The van der Waals surface area contributed by atoms with Gasteiger partial charge in [0.25, 0.3) is 0 Å². The zero-order valence-electron chi connectivity index (χ0n) is 19.5. The highest BCUT2D eigenvalue weighted by Gasteiger charge is 2.37. The van der Waals surface area contributed by atoms with Crippen LogP contribution >= 0.6 is 0 Å². The maximum atomic E-state index is 12.6. The largest absolute Gasteiger partial charge is 0.462 e. The first-order valence-corrected chi connectivity index (χ1v) is 13.4. The van der Waals surface area contributed by atoms with Crippen molar-refractivity contribution in [3.8, 4) is 0 Å². The van der Waals surface area contributed by atoms with Gasteiger partial charge in [0, 0.05) is 0 Å². The van der Waals surface area contributed by atoms with Gasteiger partial charge in [-0.2, -0.15) is 0 Å². The zero-order valence-corrected chi connectivity index (χ0v) is 19.5. The third kappa shape index (κ3) is 7.28. The predicted molar refractivity (Wildman–Crippen MR) is 122 cm³/mol. The number of ether oxygens (including phenoxy) is 1. The molecule has 1 saturated heterocycles.